The fourth-order valence-electron chi connectivity index (χ4n) is 4.53. The zero-order chi connectivity index (χ0) is 25.6. The molecule has 2 heterocycles. The van der Waals surface area contributed by atoms with Gasteiger partial charge in [-0.3, -0.25) is 5.43 Å². The Morgan fingerprint density at radius 3 is 2.30 bits per heavy atom. The van der Waals surface area contributed by atoms with E-state index in [0.29, 0.717) is 50.6 Å². The Hall–Kier alpha value is -4.01. The second-order valence-electron chi connectivity index (χ2n) is 8.83. The van der Waals surface area contributed by atoms with Crippen LogP contribution in [0.3, 0.4) is 0 Å². The molecule has 4 aromatic rings. The van der Waals surface area contributed by atoms with Gasteiger partial charge in [-0.25, -0.2) is 18.9 Å². The number of carbonyl (C=O) groups is 1. The van der Waals surface area contributed by atoms with Gasteiger partial charge in [-0.1, -0.05) is 54.6 Å². The van der Waals surface area contributed by atoms with Gasteiger partial charge in [-0.15, -0.1) is 0 Å². The maximum Gasteiger partial charge on any atom is 0.409 e. The number of benzene rings is 3. The third kappa shape index (κ3) is 5.55. The number of carbonyl (C=O) groups excluding carboxylic acids is 1. The van der Waals surface area contributed by atoms with Gasteiger partial charge in [-0.05, 0) is 42.3 Å². The van der Waals surface area contributed by atoms with E-state index in [1.807, 2.05) is 36.4 Å². The monoisotopic (exact) mass is 499 g/mol. The first-order valence-electron chi connectivity index (χ1n) is 12.5. The smallest absolute Gasteiger partial charge is 0.409 e. The molecule has 0 aliphatic carbocycles. The van der Waals surface area contributed by atoms with Gasteiger partial charge in [0.15, 0.2) is 0 Å². The predicted octanol–water partition coefficient (Wildman–Crippen LogP) is 5.12. The molecule has 0 spiro atoms. The average molecular weight is 500 g/mol. The van der Waals surface area contributed by atoms with Crippen molar-refractivity contribution in [1.29, 1.82) is 0 Å². The van der Waals surface area contributed by atoms with Crippen molar-refractivity contribution in [3.8, 4) is 28.1 Å². The molecule has 0 bridgehead atoms. The summed E-state index contributed by atoms with van der Waals surface area (Å²) in [5.41, 5.74) is 8.61. The molecule has 5 rings (SSSR count). The number of halogens is 1. The number of piperazine rings is 1. The van der Waals surface area contributed by atoms with E-state index in [1.165, 1.54) is 6.07 Å². The summed E-state index contributed by atoms with van der Waals surface area (Å²) >= 11 is 0. The predicted molar refractivity (Wildman–Crippen MR) is 141 cm³/mol. The van der Waals surface area contributed by atoms with E-state index in [1.54, 1.807) is 34.8 Å². The van der Waals surface area contributed by atoms with Gasteiger partial charge in [0.05, 0.1) is 24.2 Å². The number of rotatable bonds is 7. The second-order valence-corrected chi connectivity index (χ2v) is 8.83. The Balaban J connectivity index is 1.37. The maximum absolute atomic E-state index is 15.0. The molecule has 1 saturated heterocycles. The normalized spacial score (nSPS) is 14.1. The highest BCUT2D eigenvalue weighted by atomic mass is 19.1. The number of nitrogens with zero attached hydrogens (tertiary/aromatic N) is 4. The number of hydrogen-bond acceptors (Lipinski definition) is 5. The first kappa shape index (κ1) is 24.7. The van der Waals surface area contributed by atoms with E-state index < -0.39 is 0 Å². The summed E-state index contributed by atoms with van der Waals surface area (Å²) in [6, 6.07) is 25.1. The number of hydrazine groups is 1. The number of nitrogens with one attached hydrogen (secondary N) is 1. The van der Waals surface area contributed by atoms with Gasteiger partial charge in [0.1, 0.15) is 5.82 Å². The fourth-order valence-corrected chi connectivity index (χ4v) is 4.53. The third-order valence-electron chi connectivity index (χ3n) is 6.49. The van der Waals surface area contributed by atoms with Crippen LogP contribution >= 0.6 is 0 Å². The van der Waals surface area contributed by atoms with Crippen LogP contribution in [0.4, 0.5) is 9.18 Å². The van der Waals surface area contributed by atoms with Crippen LogP contribution in [0.1, 0.15) is 12.5 Å². The van der Waals surface area contributed by atoms with Gasteiger partial charge in [0.25, 0.3) is 0 Å². The van der Waals surface area contributed by atoms with Crippen LogP contribution in [-0.4, -0.2) is 58.6 Å². The minimum atomic E-state index is -0.297. The molecule has 8 heteroatoms. The van der Waals surface area contributed by atoms with Gasteiger partial charge < -0.3 is 9.64 Å². The zero-order valence-corrected chi connectivity index (χ0v) is 20.8. The summed E-state index contributed by atoms with van der Waals surface area (Å²) in [4.78, 5) is 13.7. The number of amides is 1. The molecular formula is C29H30FN5O2. The molecule has 1 aliphatic heterocycles. The molecule has 1 aliphatic rings. The molecule has 1 fully saturated rings. The first-order valence-corrected chi connectivity index (χ1v) is 12.5. The largest absolute Gasteiger partial charge is 0.450 e. The summed E-state index contributed by atoms with van der Waals surface area (Å²) in [5.74, 6) is -0.297. The molecular weight excluding hydrogens is 469 g/mol. The summed E-state index contributed by atoms with van der Waals surface area (Å²) in [6.45, 7) is 5.16. The molecule has 1 aromatic heterocycles. The highest BCUT2D eigenvalue weighted by Gasteiger charge is 2.23. The van der Waals surface area contributed by atoms with E-state index in [9.17, 15) is 9.18 Å². The zero-order valence-electron chi connectivity index (χ0n) is 20.8. The maximum atomic E-state index is 15.0. The van der Waals surface area contributed by atoms with Crippen molar-refractivity contribution in [2.45, 2.75) is 13.5 Å². The molecule has 190 valence electrons. The van der Waals surface area contributed by atoms with Crippen LogP contribution in [0.5, 0.6) is 0 Å². The fraction of sp³-hybridized carbons (Fsp3) is 0.241. The van der Waals surface area contributed by atoms with E-state index in [-0.39, 0.29) is 11.9 Å². The molecule has 1 N–H and O–H groups in total. The Bertz CT molecular complexity index is 1330. The van der Waals surface area contributed by atoms with Gasteiger partial charge in [-0.2, -0.15) is 5.10 Å². The highest BCUT2D eigenvalue weighted by Crippen LogP contribution is 2.30. The SMILES string of the molecule is CCOC(=O)N1CCN(NCc2cnn(-c3ccc(-c4ccccc4)cc3)c2-c2ccccc2F)CC1. The quantitative estimate of drug-likeness (QED) is 0.382. The Labute approximate surface area is 216 Å². The minimum Gasteiger partial charge on any atom is -0.450 e. The second kappa shape index (κ2) is 11.4. The molecule has 0 saturated carbocycles. The van der Waals surface area contributed by atoms with E-state index in [2.05, 4.69) is 39.8 Å². The number of aromatic nitrogens is 2. The summed E-state index contributed by atoms with van der Waals surface area (Å²) in [7, 11) is 0. The average Bonchev–Trinajstić information content (AvgIpc) is 3.37. The highest BCUT2D eigenvalue weighted by molar-refractivity contribution is 5.69. The number of ether oxygens (including phenoxy) is 1. The molecule has 1 amide bonds. The van der Waals surface area contributed by atoms with Crippen molar-refractivity contribution in [3.63, 3.8) is 0 Å². The van der Waals surface area contributed by atoms with Crippen molar-refractivity contribution >= 4 is 6.09 Å². The lowest BCUT2D eigenvalue weighted by Gasteiger charge is -2.34. The van der Waals surface area contributed by atoms with Crippen LogP contribution < -0.4 is 5.43 Å². The summed E-state index contributed by atoms with van der Waals surface area (Å²) in [6.07, 6.45) is 1.51. The van der Waals surface area contributed by atoms with E-state index >= 15 is 0 Å². The van der Waals surface area contributed by atoms with Crippen LogP contribution in [0, 0.1) is 5.82 Å². The van der Waals surface area contributed by atoms with Crippen LogP contribution in [0.15, 0.2) is 85.1 Å². The lowest BCUT2D eigenvalue weighted by atomic mass is 10.0. The molecule has 3 aromatic carbocycles. The lowest BCUT2D eigenvalue weighted by Crippen LogP contribution is -2.53. The summed E-state index contributed by atoms with van der Waals surface area (Å²) in [5, 5.41) is 6.72. The third-order valence-corrected chi connectivity index (χ3v) is 6.49. The van der Waals surface area contributed by atoms with Crippen LogP contribution in [0.25, 0.3) is 28.1 Å². The Morgan fingerprint density at radius 1 is 0.919 bits per heavy atom. The Kier molecular flexibility index (Phi) is 7.58. The van der Waals surface area contributed by atoms with Crippen molar-refractivity contribution in [1.82, 2.24) is 25.1 Å². The molecule has 0 atom stereocenters. The molecule has 0 unspecified atom stereocenters. The lowest BCUT2D eigenvalue weighted by molar-refractivity contribution is 0.0617. The van der Waals surface area contributed by atoms with E-state index in [4.69, 9.17) is 4.74 Å². The van der Waals surface area contributed by atoms with Crippen LogP contribution in [-0.2, 0) is 11.3 Å². The molecule has 37 heavy (non-hydrogen) atoms. The van der Waals surface area contributed by atoms with Crippen molar-refractivity contribution in [2.24, 2.45) is 0 Å². The van der Waals surface area contributed by atoms with Gasteiger partial charge in [0.2, 0.25) is 0 Å². The standard InChI is InChI=1S/C29H30FN5O2/c1-2-37-29(36)33-16-18-34(19-17-33)31-20-24-21-32-35(28(24)26-10-6-7-11-27(26)30)25-14-12-23(13-15-25)22-8-4-3-5-9-22/h3-15,21,31H,2,16-20H2,1H3. The van der Waals surface area contributed by atoms with Crippen molar-refractivity contribution in [3.05, 3.63) is 96.4 Å². The minimum absolute atomic E-state index is 0.274. The summed E-state index contributed by atoms with van der Waals surface area (Å²) < 4.78 is 21.9. The van der Waals surface area contributed by atoms with Crippen LogP contribution in [0.2, 0.25) is 0 Å². The van der Waals surface area contributed by atoms with Crippen molar-refractivity contribution < 1.29 is 13.9 Å². The van der Waals surface area contributed by atoms with Crippen molar-refractivity contribution in [2.75, 3.05) is 32.8 Å². The topological polar surface area (TPSA) is 62.6 Å². The molecule has 0 radical (unpaired) electrons. The molecule has 7 nitrogen and oxygen atoms in total. The Morgan fingerprint density at radius 2 is 1.59 bits per heavy atom. The van der Waals surface area contributed by atoms with E-state index in [0.717, 1.165) is 22.4 Å². The number of hydrogen-bond donors (Lipinski definition) is 1. The van der Waals surface area contributed by atoms with Gasteiger partial charge >= 0.3 is 6.09 Å². The first-order chi connectivity index (χ1) is 18.1. The van der Waals surface area contributed by atoms with Gasteiger partial charge in [0, 0.05) is 43.9 Å².